The summed E-state index contributed by atoms with van der Waals surface area (Å²) in [5, 5.41) is 3.16. The number of hydrogen-bond acceptors (Lipinski definition) is 3. The lowest BCUT2D eigenvalue weighted by Crippen LogP contribution is -2.38. The van der Waals surface area contributed by atoms with Crippen LogP contribution in [0.3, 0.4) is 0 Å². The molecule has 2 fully saturated rings. The Balaban J connectivity index is 1.73. The van der Waals surface area contributed by atoms with Gasteiger partial charge >= 0.3 is 0 Å². The molecule has 0 saturated heterocycles. The Morgan fingerprint density at radius 1 is 1.37 bits per heavy atom. The van der Waals surface area contributed by atoms with Crippen molar-refractivity contribution < 1.29 is 9.53 Å². The number of ether oxygens (including phenoxy) is 1. The van der Waals surface area contributed by atoms with E-state index in [4.69, 9.17) is 10.5 Å². The monoisotopic (exact) mass is 260 g/mol. The Morgan fingerprint density at radius 3 is 2.84 bits per heavy atom. The highest BCUT2D eigenvalue weighted by Gasteiger charge is 2.40. The molecule has 0 aliphatic heterocycles. The van der Waals surface area contributed by atoms with Crippen LogP contribution in [0.2, 0.25) is 0 Å². The van der Waals surface area contributed by atoms with E-state index in [0.717, 1.165) is 12.3 Å². The molecule has 0 radical (unpaired) electrons. The highest BCUT2D eigenvalue weighted by molar-refractivity contribution is 5.97. The number of carbonyl (C=O) groups excluding carboxylic acids is 1. The summed E-state index contributed by atoms with van der Waals surface area (Å²) in [6.45, 7) is 0. The molecule has 0 spiro atoms. The largest absolute Gasteiger partial charge is 0.496 e. The minimum atomic E-state index is -0.0469. The minimum Gasteiger partial charge on any atom is -0.496 e. The van der Waals surface area contributed by atoms with Gasteiger partial charge < -0.3 is 15.8 Å². The lowest BCUT2D eigenvalue weighted by Gasteiger charge is -2.23. The predicted molar refractivity (Wildman–Crippen MR) is 74.1 cm³/mol. The van der Waals surface area contributed by atoms with E-state index in [2.05, 4.69) is 5.32 Å². The smallest absolute Gasteiger partial charge is 0.255 e. The van der Waals surface area contributed by atoms with E-state index in [-0.39, 0.29) is 5.91 Å². The first-order chi connectivity index (χ1) is 9.17. The Labute approximate surface area is 113 Å². The molecule has 2 bridgehead atoms. The number of nitrogen functional groups attached to an aromatic ring is 1. The normalized spacial score (nSPS) is 28.4. The molecular formula is C15H20N2O2. The third-order valence-corrected chi connectivity index (χ3v) is 4.52. The van der Waals surface area contributed by atoms with Gasteiger partial charge in [-0.05, 0) is 43.2 Å². The topological polar surface area (TPSA) is 64.3 Å². The second-order valence-corrected chi connectivity index (χ2v) is 5.71. The van der Waals surface area contributed by atoms with E-state index in [1.54, 1.807) is 25.3 Å². The highest BCUT2D eigenvalue weighted by Crippen LogP contribution is 2.44. The van der Waals surface area contributed by atoms with Crippen molar-refractivity contribution in [1.82, 2.24) is 5.32 Å². The van der Waals surface area contributed by atoms with Gasteiger partial charge in [0.05, 0.1) is 12.7 Å². The summed E-state index contributed by atoms with van der Waals surface area (Å²) < 4.78 is 5.23. The summed E-state index contributed by atoms with van der Waals surface area (Å²) in [7, 11) is 1.56. The van der Waals surface area contributed by atoms with Crippen LogP contribution in [0.1, 0.15) is 36.0 Å². The summed E-state index contributed by atoms with van der Waals surface area (Å²) in [6.07, 6.45) is 5.01. The molecule has 0 aromatic heterocycles. The quantitative estimate of drug-likeness (QED) is 0.819. The molecule has 0 heterocycles. The van der Waals surface area contributed by atoms with Gasteiger partial charge in [-0.1, -0.05) is 6.42 Å². The summed E-state index contributed by atoms with van der Waals surface area (Å²) >= 11 is 0. The molecule has 1 aromatic carbocycles. The zero-order valence-corrected chi connectivity index (χ0v) is 11.2. The Hall–Kier alpha value is -1.71. The van der Waals surface area contributed by atoms with Crippen molar-refractivity contribution in [2.45, 2.75) is 31.7 Å². The zero-order valence-electron chi connectivity index (χ0n) is 11.2. The van der Waals surface area contributed by atoms with Gasteiger partial charge in [0.1, 0.15) is 5.75 Å². The minimum absolute atomic E-state index is 0.0469. The van der Waals surface area contributed by atoms with E-state index in [9.17, 15) is 4.79 Å². The molecule has 1 aromatic rings. The van der Waals surface area contributed by atoms with Crippen LogP contribution in [0.25, 0.3) is 0 Å². The fourth-order valence-electron chi connectivity index (χ4n) is 3.56. The van der Waals surface area contributed by atoms with E-state index < -0.39 is 0 Å². The van der Waals surface area contributed by atoms with E-state index in [0.29, 0.717) is 29.0 Å². The number of amides is 1. The maximum absolute atomic E-state index is 12.3. The molecule has 2 aliphatic rings. The molecule has 2 aliphatic carbocycles. The van der Waals surface area contributed by atoms with Crippen LogP contribution in [-0.4, -0.2) is 19.1 Å². The molecule has 4 heteroatoms. The number of fused-ring (bicyclic) bond motifs is 2. The number of anilines is 1. The molecule has 3 rings (SSSR count). The lowest BCUT2D eigenvalue weighted by molar-refractivity contribution is 0.0920. The van der Waals surface area contributed by atoms with Crippen molar-refractivity contribution in [1.29, 1.82) is 0 Å². The van der Waals surface area contributed by atoms with E-state index in [1.807, 2.05) is 0 Å². The number of nitrogens with one attached hydrogen (secondary N) is 1. The van der Waals surface area contributed by atoms with Crippen LogP contribution < -0.4 is 15.8 Å². The first kappa shape index (κ1) is 12.3. The summed E-state index contributed by atoms with van der Waals surface area (Å²) in [6, 6.07) is 5.50. The molecule has 3 atom stereocenters. The number of rotatable bonds is 3. The maximum atomic E-state index is 12.3. The summed E-state index contributed by atoms with van der Waals surface area (Å²) in [5.74, 6) is 1.99. The molecule has 1 amide bonds. The van der Waals surface area contributed by atoms with Gasteiger partial charge in [0.25, 0.3) is 5.91 Å². The van der Waals surface area contributed by atoms with Crippen molar-refractivity contribution in [2.24, 2.45) is 11.8 Å². The molecule has 3 unspecified atom stereocenters. The fraction of sp³-hybridized carbons (Fsp3) is 0.533. The standard InChI is InChI=1S/C15H20N2O2/c1-19-14-8-11(16)4-5-12(14)15(18)17-13-7-9-2-3-10(13)6-9/h4-5,8-10,13H,2-3,6-7,16H2,1H3,(H,17,18). The predicted octanol–water partition coefficient (Wildman–Crippen LogP) is 2.20. The van der Waals surface area contributed by atoms with E-state index >= 15 is 0 Å². The first-order valence-corrected chi connectivity index (χ1v) is 6.91. The van der Waals surface area contributed by atoms with Crippen molar-refractivity contribution in [3.8, 4) is 5.75 Å². The molecule has 3 N–H and O–H groups in total. The van der Waals surface area contributed by atoms with Crippen LogP contribution in [0.5, 0.6) is 5.75 Å². The van der Waals surface area contributed by atoms with Gasteiger partial charge in [0.15, 0.2) is 0 Å². The van der Waals surface area contributed by atoms with Gasteiger partial charge in [-0.25, -0.2) is 0 Å². The maximum Gasteiger partial charge on any atom is 0.255 e. The first-order valence-electron chi connectivity index (χ1n) is 6.91. The second-order valence-electron chi connectivity index (χ2n) is 5.71. The molecular weight excluding hydrogens is 240 g/mol. The average molecular weight is 260 g/mol. The van der Waals surface area contributed by atoms with Crippen LogP contribution in [0.4, 0.5) is 5.69 Å². The SMILES string of the molecule is COc1cc(N)ccc1C(=O)NC1CC2CCC1C2. The Kier molecular flexibility index (Phi) is 3.09. The fourth-order valence-corrected chi connectivity index (χ4v) is 3.56. The van der Waals surface area contributed by atoms with Crippen LogP contribution in [-0.2, 0) is 0 Å². The number of carbonyl (C=O) groups is 1. The number of hydrogen-bond donors (Lipinski definition) is 2. The van der Waals surface area contributed by atoms with Crippen molar-refractivity contribution in [2.75, 3.05) is 12.8 Å². The van der Waals surface area contributed by atoms with Crippen molar-refractivity contribution >= 4 is 11.6 Å². The third kappa shape index (κ3) is 2.27. The van der Waals surface area contributed by atoms with Gasteiger partial charge in [-0.3, -0.25) is 4.79 Å². The number of nitrogens with two attached hydrogens (primary N) is 1. The second kappa shape index (κ2) is 4.76. The van der Waals surface area contributed by atoms with Gasteiger partial charge in [-0.15, -0.1) is 0 Å². The molecule has 102 valence electrons. The Bertz CT molecular complexity index is 501. The summed E-state index contributed by atoms with van der Waals surface area (Å²) in [4.78, 5) is 12.3. The highest BCUT2D eigenvalue weighted by atomic mass is 16.5. The van der Waals surface area contributed by atoms with E-state index in [1.165, 1.54) is 19.3 Å². The van der Waals surface area contributed by atoms with Gasteiger partial charge in [0, 0.05) is 17.8 Å². The number of benzene rings is 1. The van der Waals surface area contributed by atoms with Crippen LogP contribution >= 0.6 is 0 Å². The molecule has 4 nitrogen and oxygen atoms in total. The van der Waals surface area contributed by atoms with Crippen molar-refractivity contribution in [3.63, 3.8) is 0 Å². The summed E-state index contributed by atoms with van der Waals surface area (Å²) in [5.41, 5.74) is 6.88. The Morgan fingerprint density at radius 2 is 2.21 bits per heavy atom. The average Bonchev–Trinajstić information content (AvgIpc) is 3.00. The van der Waals surface area contributed by atoms with Gasteiger partial charge in [0.2, 0.25) is 0 Å². The van der Waals surface area contributed by atoms with Gasteiger partial charge in [-0.2, -0.15) is 0 Å². The molecule has 2 saturated carbocycles. The van der Waals surface area contributed by atoms with Crippen molar-refractivity contribution in [3.05, 3.63) is 23.8 Å². The third-order valence-electron chi connectivity index (χ3n) is 4.52. The number of methoxy groups -OCH3 is 1. The zero-order chi connectivity index (χ0) is 13.4. The molecule has 19 heavy (non-hydrogen) atoms. The van der Waals surface area contributed by atoms with Crippen LogP contribution in [0.15, 0.2) is 18.2 Å². The lowest BCUT2D eigenvalue weighted by atomic mass is 9.95. The van der Waals surface area contributed by atoms with Crippen LogP contribution in [0, 0.1) is 11.8 Å².